The molecule has 0 aromatic rings. The van der Waals surface area contributed by atoms with Crippen LogP contribution in [0.4, 0.5) is 0 Å². The summed E-state index contributed by atoms with van der Waals surface area (Å²) in [7, 11) is -14.4. The first-order valence-electron chi connectivity index (χ1n) is 2.99. The molecule has 0 aromatic heterocycles. The van der Waals surface area contributed by atoms with Crippen molar-refractivity contribution in [1.29, 1.82) is 0 Å². The molecule has 0 spiro atoms. The van der Waals surface area contributed by atoms with E-state index < -0.39 is 27.1 Å². The molecule has 0 aliphatic heterocycles. The van der Waals surface area contributed by atoms with Crippen LogP contribution in [0.25, 0.3) is 0 Å². The van der Waals surface area contributed by atoms with Crippen molar-refractivity contribution in [2.24, 2.45) is 0 Å². The molecule has 0 unspecified atom stereocenters. The zero-order valence-electron chi connectivity index (χ0n) is 6.86. The van der Waals surface area contributed by atoms with Gasteiger partial charge in [0.25, 0.3) is 0 Å². The lowest BCUT2D eigenvalue weighted by molar-refractivity contribution is -0.00233. The molecule has 0 amide bonds. The molecule has 0 atom stereocenters. The number of hydrogen-bond acceptors (Lipinski definition) is 10. The van der Waals surface area contributed by atoms with Crippen molar-refractivity contribution in [2.75, 3.05) is 7.11 Å². The fourth-order valence-corrected chi connectivity index (χ4v) is 4.43. The highest BCUT2D eigenvalue weighted by Crippen LogP contribution is 2.11. The van der Waals surface area contributed by atoms with Crippen molar-refractivity contribution in [3.8, 4) is 0 Å². The Hall–Kier alpha value is 0.251. The second kappa shape index (κ2) is 4.40. The summed E-state index contributed by atoms with van der Waals surface area (Å²) in [6, 6.07) is 0. The topological polar surface area (TPSA) is 169 Å². The van der Waals surface area contributed by atoms with E-state index in [0.29, 0.717) is 0 Å². The monoisotopic (exact) mass is 266 g/mol. The van der Waals surface area contributed by atoms with Gasteiger partial charge in [0.05, 0.1) is 0 Å². The largest absolute Gasteiger partial charge is 0.665 e. The van der Waals surface area contributed by atoms with Crippen LogP contribution in [0, 0.1) is 0 Å². The fraction of sp³-hybridized carbons (Fsp3) is 1.00. The van der Waals surface area contributed by atoms with E-state index in [2.05, 4.69) is 12.7 Å². The van der Waals surface area contributed by atoms with E-state index in [9.17, 15) is 0 Å². The third-order valence-electron chi connectivity index (χ3n) is 0.790. The maximum Gasteiger partial charge on any atom is 0.665 e. The van der Waals surface area contributed by atoms with Gasteiger partial charge in [-0.25, -0.2) is 0 Å². The van der Waals surface area contributed by atoms with Gasteiger partial charge < -0.3 is 46.2 Å². The Labute approximate surface area is 81.3 Å². The van der Waals surface area contributed by atoms with Gasteiger partial charge in [-0.2, -0.15) is 0 Å². The Balaban J connectivity index is 4.49. The molecule has 14 heavy (non-hydrogen) atoms. The van der Waals surface area contributed by atoms with Crippen molar-refractivity contribution in [3.05, 3.63) is 0 Å². The van der Waals surface area contributed by atoms with Gasteiger partial charge in [-0.1, -0.05) is 0 Å². The quantitative estimate of drug-likeness (QED) is 0.239. The Morgan fingerprint density at radius 2 is 1.00 bits per heavy atom. The molecule has 0 rings (SSSR count). The molecule has 0 saturated heterocycles. The molecule has 0 aliphatic rings. The van der Waals surface area contributed by atoms with Gasteiger partial charge in [0.1, 0.15) is 0 Å². The Morgan fingerprint density at radius 1 is 0.714 bits per heavy atom. The summed E-state index contributed by atoms with van der Waals surface area (Å²) >= 11 is 0. The first kappa shape index (κ1) is 14.3. The Bertz CT molecular complexity index is 163. The summed E-state index contributed by atoms with van der Waals surface area (Å²) < 4.78 is 11.6. The van der Waals surface area contributed by atoms with Gasteiger partial charge in [-0.15, -0.1) is 0 Å². The summed E-state index contributed by atoms with van der Waals surface area (Å²) in [6.45, 7) is 0. The minimum absolute atomic E-state index is 0.770. The maximum absolute atomic E-state index is 9.07. The van der Waals surface area contributed by atoms with Crippen LogP contribution in [0.15, 0.2) is 0 Å². The molecule has 0 fully saturated rings. The SMILES string of the molecule is CO[Si](O)(O[Si](O)(O)O)O[Si](O)(O)O. The molecular weight excluding hydrogens is 256 g/mol. The van der Waals surface area contributed by atoms with Crippen LogP contribution < -0.4 is 0 Å². The molecule has 0 aliphatic carbocycles. The maximum atomic E-state index is 9.07. The highest BCUT2D eigenvalue weighted by atomic mass is 28.5. The smallest absolute Gasteiger partial charge is 0.368 e. The van der Waals surface area contributed by atoms with Gasteiger partial charge in [0, 0.05) is 7.11 Å². The molecule has 0 aromatic carbocycles. The van der Waals surface area contributed by atoms with Gasteiger partial charge in [-0.3, -0.25) is 0 Å². The highest BCUT2D eigenvalue weighted by molar-refractivity contribution is 6.71. The average Bonchev–Trinajstić information content (AvgIpc) is 1.78. The molecule has 86 valence electrons. The summed E-state index contributed by atoms with van der Waals surface area (Å²) in [6.07, 6.45) is 0. The van der Waals surface area contributed by atoms with Crippen LogP contribution in [0.5, 0.6) is 0 Å². The molecule has 0 saturated carbocycles. The van der Waals surface area contributed by atoms with E-state index in [0.717, 1.165) is 7.11 Å². The van der Waals surface area contributed by atoms with Crippen molar-refractivity contribution in [1.82, 2.24) is 0 Å². The lowest BCUT2D eigenvalue weighted by Crippen LogP contribution is -2.62. The first-order chi connectivity index (χ1) is 5.97. The molecule has 13 heteroatoms. The first-order valence-corrected chi connectivity index (χ1v) is 8.17. The highest BCUT2D eigenvalue weighted by Gasteiger charge is 2.57. The second-order valence-electron chi connectivity index (χ2n) is 2.08. The third kappa shape index (κ3) is 6.67. The fourth-order valence-electron chi connectivity index (χ4n) is 0.450. The average molecular weight is 266 g/mol. The van der Waals surface area contributed by atoms with Crippen LogP contribution in [0.2, 0.25) is 0 Å². The number of rotatable bonds is 5. The molecule has 0 radical (unpaired) electrons. The van der Waals surface area contributed by atoms with Crippen molar-refractivity contribution in [2.45, 2.75) is 0 Å². The molecule has 0 heterocycles. The van der Waals surface area contributed by atoms with Crippen molar-refractivity contribution < 1.29 is 46.2 Å². The van der Waals surface area contributed by atoms with Gasteiger partial charge >= 0.3 is 27.1 Å². The van der Waals surface area contributed by atoms with Crippen molar-refractivity contribution >= 4 is 27.1 Å². The number of hydrogen-bond donors (Lipinski definition) is 7. The molecule has 0 bridgehead atoms. The van der Waals surface area contributed by atoms with Crippen LogP contribution >= 0.6 is 0 Å². The van der Waals surface area contributed by atoms with E-state index >= 15 is 0 Å². The third-order valence-corrected chi connectivity index (χ3v) is 5.56. The van der Waals surface area contributed by atoms with Gasteiger partial charge in [0.15, 0.2) is 0 Å². The van der Waals surface area contributed by atoms with Crippen LogP contribution in [-0.4, -0.2) is 67.8 Å². The van der Waals surface area contributed by atoms with E-state index in [-0.39, 0.29) is 0 Å². The predicted molar refractivity (Wildman–Crippen MR) is 42.0 cm³/mol. The minimum atomic E-state index is -5.16. The van der Waals surface area contributed by atoms with Crippen LogP contribution in [0.3, 0.4) is 0 Å². The normalized spacial score (nSPS) is 14.6. The van der Waals surface area contributed by atoms with Gasteiger partial charge in [-0.05, 0) is 0 Å². The van der Waals surface area contributed by atoms with Crippen LogP contribution in [-0.2, 0) is 12.7 Å². The summed E-state index contributed by atoms with van der Waals surface area (Å²) in [4.78, 5) is 59.4. The lowest BCUT2D eigenvalue weighted by atomic mass is 11.8. The Morgan fingerprint density at radius 3 is 1.14 bits per heavy atom. The summed E-state index contributed by atoms with van der Waals surface area (Å²) in [5, 5.41) is 0. The summed E-state index contributed by atoms with van der Waals surface area (Å²) in [5.41, 5.74) is 0. The molecular formula is CH10O10Si3. The Kier molecular flexibility index (Phi) is 4.48. The lowest BCUT2D eigenvalue weighted by Gasteiger charge is -2.25. The van der Waals surface area contributed by atoms with E-state index in [1.165, 1.54) is 0 Å². The summed E-state index contributed by atoms with van der Waals surface area (Å²) in [5.74, 6) is 0. The molecule has 10 nitrogen and oxygen atoms in total. The zero-order chi connectivity index (χ0) is 11.6. The van der Waals surface area contributed by atoms with E-state index in [1.807, 2.05) is 0 Å². The second-order valence-corrected chi connectivity index (χ2v) is 7.46. The van der Waals surface area contributed by atoms with E-state index in [1.54, 1.807) is 0 Å². The minimum Gasteiger partial charge on any atom is -0.368 e. The predicted octanol–water partition coefficient (Wildman–Crippen LogP) is -5.08. The zero-order valence-corrected chi connectivity index (χ0v) is 9.86. The van der Waals surface area contributed by atoms with Gasteiger partial charge in [0.2, 0.25) is 0 Å². The standard InChI is InChI=1S/CH10O10Si3/c1-9-14(8,10-12(2,3)4)11-13(5,6)7/h2-8H,1H3. The van der Waals surface area contributed by atoms with Crippen molar-refractivity contribution in [3.63, 3.8) is 0 Å². The van der Waals surface area contributed by atoms with E-state index in [4.69, 9.17) is 33.6 Å². The molecule has 7 N–H and O–H groups in total. The van der Waals surface area contributed by atoms with Crippen LogP contribution in [0.1, 0.15) is 0 Å².